The van der Waals surface area contributed by atoms with Gasteiger partial charge in [0.2, 0.25) is 0 Å². The highest BCUT2D eigenvalue weighted by molar-refractivity contribution is 7.80. The molecule has 0 aliphatic carbocycles. The van der Waals surface area contributed by atoms with E-state index in [9.17, 15) is 4.79 Å². The zero-order valence-corrected chi connectivity index (χ0v) is 14.4. The summed E-state index contributed by atoms with van der Waals surface area (Å²) in [5.41, 5.74) is 4.90. The van der Waals surface area contributed by atoms with Gasteiger partial charge in [0.1, 0.15) is 10.7 Å². The van der Waals surface area contributed by atoms with Gasteiger partial charge in [0.25, 0.3) is 0 Å². The van der Waals surface area contributed by atoms with Crippen LogP contribution in [0.1, 0.15) is 40.2 Å². The van der Waals surface area contributed by atoms with Crippen molar-refractivity contribution in [3.8, 4) is 0 Å². The van der Waals surface area contributed by atoms with Crippen molar-refractivity contribution < 1.29 is 4.79 Å². The summed E-state index contributed by atoms with van der Waals surface area (Å²) in [5, 5.41) is 11.0. The summed E-state index contributed by atoms with van der Waals surface area (Å²) in [4.78, 5) is 12.3. The average Bonchev–Trinajstić information content (AvgIpc) is 2.42. The fourth-order valence-electron chi connectivity index (χ4n) is 1.38. The molecule has 0 aliphatic rings. The first kappa shape index (κ1) is 18.0. The molecule has 0 saturated carbocycles. The molecule has 0 spiro atoms. The summed E-state index contributed by atoms with van der Waals surface area (Å²) in [6.07, 6.45) is 0. The number of hydrazine groups is 1. The van der Waals surface area contributed by atoms with Gasteiger partial charge in [0.15, 0.2) is 0 Å². The molecule has 120 valence electrons. The normalized spacial score (nSPS) is 12.0. The molecule has 2 amide bonds. The van der Waals surface area contributed by atoms with Crippen LogP contribution in [0.5, 0.6) is 0 Å². The summed E-state index contributed by atoms with van der Waals surface area (Å²) in [6, 6.07) is 8.93. The standard InChI is InChI=1S/C15H23N5OS/c1-14(2,3)19-20-15(4,5)16-13(21)18-17-12(22)11-9-7-6-8-10-11/h6-10H,1-5H3,(H,17,22)(H2,16,18,21)/b20-19+. The van der Waals surface area contributed by atoms with Crippen LogP contribution in [0.2, 0.25) is 0 Å². The number of nitrogens with zero attached hydrogens (tertiary/aromatic N) is 2. The molecular weight excluding hydrogens is 298 g/mol. The van der Waals surface area contributed by atoms with Crippen LogP contribution in [-0.4, -0.2) is 22.2 Å². The number of benzene rings is 1. The predicted molar refractivity (Wildman–Crippen MR) is 91.6 cm³/mol. The lowest BCUT2D eigenvalue weighted by Gasteiger charge is -2.22. The molecule has 1 aromatic carbocycles. The van der Waals surface area contributed by atoms with Crippen LogP contribution in [0.25, 0.3) is 0 Å². The highest BCUT2D eigenvalue weighted by Gasteiger charge is 2.21. The van der Waals surface area contributed by atoms with Gasteiger partial charge in [-0.2, -0.15) is 10.2 Å². The summed E-state index contributed by atoms with van der Waals surface area (Å²) in [6.45, 7) is 9.33. The van der Waals surface area contributed by atoms with E-state index in [4.69, 9.17) is 12.2 Å². The zero-order valence-electron chi connectivity index (χ0n) is 13.6. The van der Waals surface area contributed by atoms with Crippen molar-refractivity contribution in [2.24, 2.45) is 10.2 Å². The maximum Gasteiger partial charge on any atom is 0.335 e. The van der Waals surface area contributed by atoms with Gasteiger partial charge in [-0.05, 0) is 34.6 Å². The third kappa shape index (κ3) is 7.12. The van der Waals surface area contributed by atoms with E-state index in [0.29, 0.717) is 4.99 Å². The van der Waals surface area contributed by atoms with Crippen LogP contribution < -0.4 is 16.2 Å². The van der Waals surface area contributed by atoms with E-state index >= 15 is 0 Å². The summed E-state index contributed by atoms with van der Waals surface area (Å²) >= 11 is 5.18. The topological polar surface area (TPSA) is 77.9 Å². The molecule has 22 heavy (non-hydrogen) atoms. The molecule has 7 heteroatoms. The Labute approximate surface area is 136 Å². The third-order valence-corrected chi connectivity index (χ3v) is 2.68. The molecule has 1 aromatic rings. The minimum atomic E-state index is -0.812. The summed E-state index contributed by atoms with van der Waals surface area (Å²) in [7, 11) is 0. The fraction of sp³-hybridized carbons (Fsp3) is 0.467. The fourth-order valence-corrected chi connectivity index (χ4v) is 1.57. The van der Waals surface area contributed by atoms with Gasteiger partial charge >= 0.3 is 6.03 Å². The number of urea groups is 1. The van der Waals surface area contributed by atoms with E-state index in [0.717, 1.165) is 5.56 Å². The van der Waals surface area contributed by atoms with Gasteiger partial charge in [0, 0.05) is 5.56 Å². The summed E-state index contributed by atoms with van der Waals surface area (Å²) < 4.78 is 0. The second kappa shape index (κ2) is 7.31. The molecule has 0 saturated heterocycles. The Hall–Kier alpha value is -2.02. The van der Waals surface area contributed by atoms with Crippen molar-refractivity contribution in [3.05, 3.63) is 35.9 Å². The molecular formula is C15H23N5OS. The Morgan fingerprint density at radius 3 is 2.14 bits per heavy atom. The number of nitrogens with one attached hydrogen (secondary N) is 3. The van der Waals surface area contributed by atoms with E-state index < -0.39 is 11.7 Å². The van der Waals surface area contributed by atoms with E-state index in [1.807, 2.05) is 51.1 Å². The maximum atomic E-state index is 11.9. The van der Waals surface area contributed by atoms with Crippen molar-refractivity contribution in [2.45, 2.75) is 45.8 Å². The number of carbonyl (C=O) groups is 1. The molecule has 0 heterocycles. The van der Waals surface area contributed by atoms with Gasteiger partial charge in [-0.15, -0.1) is 0 Å². The van der Waals surface area contributed by atoms with Crippen molar-refractivity contribution >= 4 is 23.2 Å². The van der Waals surface area contributed by atoms with Crippen LogP contribution >= 0.6 is 12.2 Å². The van der Waals surface area contributed by atoms with Gasteiger partial charge in [-0.3, -0.25) is 10.9 Å². The number of rotatable bonds is 3. The Morgan fingerprint density at radius 2 is 1.59 bits per heavy atom. The molecule has 3 N–H and O–H groups in total. The van der Waals surface area contributed by atoms with Gasteiger partial charge in [-0.1, -0.05) is 42.5 Å². The average molecular weight is 321 g/mol. The Morgan fingerprint density at radius 1 is 1.00 bits per heavy atom. The molecule has 0 radical (unpaired) electrons. The Kier molecular flexibility index (Phi) is 5.99. The molecule has 0 atom stereocenters. The minimum absolute atomic E-state index is 0.289. The molecule has 0 aliphatic heterocycles. The predicted octanol–water partition coefficient (Wildman–Crippen LogP) is 3.15. The Bertz CT molecular complexity index is 549. The van der Waals surface area contributed by atoms with Crippen LogP contribution in [0.4, 0.5) is 4.79 Å². The highest BCUT2D eigenvalue weighted by Crippen LogP contribution is 2.12. The number of thiocarbonyl (C=S) groups is 1. The molecule has 0 fully saturated rings. The van der Waals surface area contributed by atoms with Crippen LogP contribution in [-0.2, 0) is 0 Å². The quantitative estimate of drug-likeness (QED) is 0.454. The molecule has 0 aromatic heterocycles. The number of carbonyl (C=O) groups excluding carboxylic acids is 1. The second-order valence-corrected chi connectivity index (χ2v) is 6.74. The lowest BCUT2D eigenvalue weighted by Crippen LogP contribution is -2.52. The zero-order chi connectivity index (χ0) is 16.8. The Balaban J connectivity index is 2.49. The third-order valence-electron chi connectivity index (χ3n) is 2.34. The first-order valence-electron chi connectivity index (χ1n) is 6.97. The van der Waals surface area contributed by atoms with Crippen LogP contribution in [0, 0.1) is 0 Å². The van der Waals surface area contributed by atoms with Gasteiger partial charge < -0.3 is 5.32 Å². The molecule has 0 unspecified atom stereocenters. The van der Waals surface area contributed by atoms with E-state index in [1.165, 1.54) is 0 Å². The van der Waals surface area contributed by atoms with Crippen molar-refractivity contribution in [3.63, 3.8) is 0 Å². The van der Waals surface area contributed by atoms with Crippen molar-refractivity contribution in [2.75, 3.05) is 0 Å². The monoisotopic (exact) mass is 321 g/mol. The number of hydrogen-bond donors (Lipinski definition) is 3. The molecule has 0 bridgehead atoms. The lowest BCUT2D eigenvalue weighted by atomic mass is 10.1. The molecule has 6 nitrogen and oxygen atoms in total. The van der Waals surface area contributed by atoms with Crippen LogP contribution in [0.15, 0.2) is 40.6 Å². The second-order valence-electron chi connectivity index (χ2n) is 6.33. The highest BCUT2D eigenvalue weighted by atomic mass is 32.1. The van der Waals surface area contributed by atoms with Crippen molar-refractivity contribution in [1.82, 2.24) is 16.2 Å². The minimum Gasteiger partial charge on any atom is -0.311 e. The van der Waals surface area contributed by atoms with E-state index in [-0.39, 0.29) is 5.54 Å². The maximum absolute atomic E-state index is 11.9. The summed E-state index contributed by atoms with van der Waals surface area (Å²) in [5.74, 6) is 0. The smallest absolute Gasteiger partial charge is 0.311 e. The first-order valence-corrected chi connectivity index (χ1v) is 7.37. The van der Waals surface area contributed by atoms with Crippen molar-refractivity contribution in [1.29, 1.82) is 0 Å². The first-order chi connectivity index (χ1) is 10.1. The van der Waals surface area contributed by atoms with E-state index in [1.54, 1.807) is 13.8 Å². The number of amides is 2. The van der Waals surface area contributed by atoms with Crippen LogP contribution in [0.3, 0.4) is 0 Å². The largest absolute Gasteiger partial charge is 0.335 e. The SMILES string of the molecule is CC(C)(C)/N=N/C(C)(C)NC(=O)NNC(=S)c1ccccc1. The molecule has 1 rings (SSSR count). The lowest BCUT2D eigenvalue weighted by molar-refractivity contribution is 0.227. The van der Waals surface area contributed by atoms with Gasteiger partial charge in [-0.25, -0.2) is 4.79 Å². The number of azo groups is 1. The van der Waals surface area contributed by atoms with E-state index in [2.05, 4.69) is 26.4 Å². The van der Waals surface area contributed by atoms with Gasteiger partial charge in [0.05, 0.1) is 5.54 Å². The number of hydrogen-bond acceptors (Lipinski definition) is 4.